The van der Waals surface area contributed by atoms with Gasteiger partial charge in [-0.25, -0.2) is 0 Å². The van der Waals surface area contributed by atoms with Crippen LogP contribution in [0.15, 0.2) is 36.7 Å². The Kier molecular flexibility index (Phi) is 4.26. The molecule has 2 N–H and O–H groups in total. The number of nitrogens with one attached hydrogen (secondary N) is 1. The predicted molar refractivity (Wildman–Crippen MR) is 88.0 cm³/mol. The maximum absolute atomic E-state index is 10.6. The van der Waals surface area contributed by atoms with Crippen LogP contribution in [0.4, 0.5) is 0 Å². The fourth-order valence-electron chi connectivity index (χ4n) is 2.94. The number of aliphatic hydroxyl groups is 1. The molecule has 0 unspecified atom stereocenters. The first-order valence-corrected chi connectivity index (χ1v) is 8.02. The third-order valence-electron chi connectivity index (χ3n) is 4.54. The first-order chi connectivity index (χ1) is 10.4. The van der Waals surface area contributed by atoms with Crippen molar-refractivity contribution in [1.29, 1.82) is 0 Å². The molecule has 0 spiro atoms. The van der Waals surface area contributed by atoms with Crippen LogP contribution in [-0.4, -0.2) is 27.5 Å². The van der Waals surface area contributed by atoms with Crippen molar-refractivity contribution < 1.29 is 5.11 Å². The highest BCUT2D eigenvalue weighted by atomic mass is 35.5. The highest BCUT2D eigenvalue weighted by Crippen LogP contribution is 2.37. The van der Waals surface area contributed by atoms with E-state index >= 15 is 0 Å². The fourth-order valence-corrected chi connectivity index (χ4v) is 3.06. The van der Waals surface area contributed by atoms with E-state index in [2.05, 4.69) is 22.5 Å². The number of halogens is 1. The van der Waals surface area contributed by atoms with Gasteiger partial charge >= 0.3 is 0 Å². The number of aromatic nitrogens is 2. The lowest BCUT2D eigenvalue weighted by Gasteiger charge is -2.38. The van der Waals surface area contributed by atoms with E-state index in [0.717, 1.165) is 23.4 Å². The van der Waals surface area contributed by atoms with E-state index < -0.39 is 5.60 Å². The third-order valence-corrected chi connectivity index (χ3v) is 4.79. The minimum atomic E-state index is -0.889. The molecule has 1 saturated carbocycles. The van der Waals surface area contributed by atoms with Gasteiger partial charge < -0.3 is 10.4 Å². The molecule has 4 nitrogen and oxygen atoms in total. The van der Waals surface area contributed by atoms with E-state index in [1.54, 1.807) is 10.9 Å². The standard InChI is InChI=1S/C17H22ClN3O/c1-17(22,14-9-20-21(2)10-14)11-19-16-7-13(8-16)12-3-5-15(18)6-4-12/h3-6,9-10,13,16,19,22H,7-8,11H2,1-2H3/t13?,16?,17-/m1/s1. The maximum Gasteiger partial charge on any atom is 0.102 e. The van der Waals surface area contributed by atoms with Gasteiger partial charge in [-0.15, -0.1) is 0 Å². The second kappa shape index (κ2) is 6.03. The molecule has 2 aromatic rings. The minimum Gasteiger partial charge on any atom is -0.384 e. The second-order valence-corrected chi connectivity index (χ2v) is 6.91. The SMILES string of the molecule is Cn1cc([C@](C)(O)CNC2CC(c3ccc(Cl)cc3)C2)cn1. The van der Waals surface area contributed by atoms with E-state index in [1.807, 2.05) is 32.3 Å². The van der Waals surface area contributed by atoms with Gasteiger partial charge in [-0.1, -0.05) is 23.7 Å². The molecule has 3 rings (SSSR count). The van der Waals surface area contributed by atoms with Crippen molar-refractivity contribution in [2.75, 3.05) is 6.54 Å². The Bertz CT molecular complexity index is 630. The molecular weight excluding hydrogens is 298 g/mol. The van der Waals surface area contributed by atoms with E-state index in [9.17, 15) is 5.11 Å². The molecular formula is C17H22ClN3O. The van der Waals surface area contributed by atoms with Crippen LogP contribution in [0.1, 0.15) is 36.8 Å². The molecule has 0 bridgehead atoms. The fraction of sp³-hybridized carbons (Fsp3) is 0.471. The van der Waals surface area contributed by atoms with Crippen molar-refractivity contribution in [3.05, 3.63) is 52.8 Å². The zero-order chi connectivity index (χ0) is 15.7. The summed E-state index contributed by atoms with van der Waals surface area (Å²) in [7, 11) is 1.86. The molecule has 0 amide bonds. The van der Waals surface area contributed by atoms with E-state index in [-0.39, 0.29) is 0 Å². The van der Waals surface area contributed by atoms with Gasteiger partial charge in [0.1, 0.15) is 5.60 Å². The number of aryl methyl sites for hydroxylation is 1. The van der Waals surface area contributed by atoms with Gasteiger partial charge in [0, 0.05) is 36.4 Å². The number of hydrogen-bond acceptors (Lipinski definition) is 3. The Labute approximate surface area is 136 Å². The molecule has 5 heteroatoms. The van der Waals surface area contributed by atoms with Gasteiger partial charge in [-0.3, -0.25) is 4.68 Å². The molecule has 1 heterocycles. The van der Waals surface area contributed by atoms with Crippen molar-refractivity contribution >= 4 is 11.6 Å². The van der Waals surface area contributed by atoms with Gasteiger partial charge in [0.15, 0.2) is 0 Å². The van der Waals surface area contributed by atoms with Crippen molar-refractivity contribution in [3.8, 4) is 0 Å². The summed E-state index contributed by atoms with van der Waals surface area (Å²) in [6.45, 7) is 2.36. The Hall–Kier alpha value is -1.36. The van der Waals surface area contributed by atoms with Crippen LogP contribution >= 0.6 is 11.6 Å². The van der Waals surface area contributed by atoms with Crippen LogP contribution in [0, 0.1) is 0 Å². The van der Waals surface area contributed by atoms with E-state index in [1.165, 1.54) is 5.56 Å². The largest absolute Gasteiger partial charge is 0.384 e. The van der Waals surface area contributed by atoms with Gasteiger partial charge in [0.25, 0.3) is 0 Å². The lowest BCUT2D eigenvalue weighted by molar-refractivity contribution is 0.0489. The first-order valence-electron chi connectivity index (χ1n) is 7.64. The molecule has 118 valence electrons. The van der Waals surface area contributed by atoms with Crippen LogP contribution in [0.5, 0.6) is 0 Å². The molecule has 1 atom stereocenters. The molecule has 1 aliphatic carbocycles. The second-order valence-electron chi connectivity index (χ2n) is 6.47. The third kappa shape index (κ3) is 3.35. The van der Waals surface area contributed by atoms with Crippen molar-refractivity contribution in [1.82, 2.24) is 15.1 Å². The molecule has 1 aromatic heterocycles. The normalized spacial score (nSPS) is 23.8. The predicted octanol–water partition coefficient (Wildman–Crippen LogP) is 2.82. The maximum atomic E-state index is 10.6. The van der Waals surface area contributed by atoms with E-state index in [0.29, 0.717) is 18.5 Å². The lowest BCUT2D eigenvalue weighted by Crippen LogP contribution is -2.46. The molecule has 1 aliphatic rings. The van der Waals surface area contributed by atoms with Gasteiger partial charge in [0.2, 0.25) is 0 Å². The van der Waals surface area contributed by atoms with Crippen molar-refractivity contribution in [2.45, 2.75) is 37.3 Å². The van der Waals surface area contributed by atoms with Crippen molar-refractivity contribution in [2.24, 2.45) is 7.05 Å². The van der Waals surface area contributed by atoms with Crippen LogP contribution in [0.3, 0.4) is 0 Å². The Morgan fingerprint density at radius 2 is 2.05 bits per heavy atom. The van der Waals surface area contributed by atoms with E-state index in [4.69, 9.17) is 11.6 Å². The smallest absolute Gasteiger partial charge is 0.102 e. The lowest BCUT2D eigenvalue weighted by atomic mass is 9.75. The topological polar surface area (TPSA) is 50.1 Å². The van der Waals surface area contributed by atoms with Crippen LogP contribution < -0.4 is 5.32 Å². The van der Waals surface area contributed by atoms with Crippen LogP contribution in [-0.2, 0) is 12.6 Å². The number of hydrogen-bond donors (Lipinski definition) is 2. The quantitative estimate of drug-likeness (QED) is 0.891. The summed E-state index contributed by atoms with van der Waals surface area (Å²) in [5, 5.41) is 18.9. The Morgan fingerprint density at radius 1 is 1.36 bits per heavy atom. The summed E-state index contributed by atoms with van der Waals surface area (Å²) in [6, 6.07) is 8.57. The number of benzene rings is 1. The Balaban J connectivity index is 1.49. The number of nitrogens with zero attached hydrogens (tertiary/aromatic N) is 2. The molecule has 0 saturated heterocycles. The average Bonchev–Trinajstić information content (AvgIpc) is 2.86. The molecule has 22 heavy (non-hydrogen) atoms. The van der Waals surface area contributed by atoms with Crippen LogP contribution in [0.2, 0.25) is 5.02 Å². The zero-order valence-corrected chi connectivity index (χ0v) is 13.7. The summed E-state index contributed by atoms with van der Waals surface area (Å²) >= 11 is 5.92. The highest BCUT2D eigenvalue weighted by Gasteiger charge is 2.32. The monoisotopic (exact) mass is 319 g/mol. The molecule has 0 radical (unpaired) electrons. The zero-order valence-electron chi connectivity index (χ0n) is 13.0. The van der Waals surface area contributed by atoms with Gasteiger partial charge in [-0.05, 0) is 43.4 Å². The average molecular weight is 320 g/mol. The number of rotatable bonds is 5. The molecule has 0 aliphatic heterocycles. The van der Waals surface area contributed by atoms with Crippen LogP contribution in [0.25, 0.3) is 0 Å². The summed E-state index contributed by atoms with van der Waals surface area (Å²) in [5.41, 5.74) is 1.30. The summed E-state index contributed by atoms with van der Waals surface area (Å²) in [4.78, 5) is 0. The van der Waals surface area contributed by atoms with Crippen molar-refractivity contribution in [3.63, 3.8) is 0 Å². The summed E-state index contributed by atoms with van der Waals surface area (Å²) in [5.74, 6) is 0.595. The van der Waals surface area contributed by atoms with Gasteiger partial charge in [-0.2, -0.15) is 5.10 Å². The van der Waals surface area contributed by atoms with Gasteiger partial charge in [0.05, 0.1) is 6.20 Å². The first kappa shape index (κ1) is 15.5. The summed E-state index contributed by atoms with van der Waals surface area (Å²) in [6.07, 6.45) is 5.79. The summed E-state index contributed by atoms with van der Waals surface area (Å²) < 4.78 is 1.71. The Morgan fingerprint density at radius 3 is 2.64 bits per heavy atom. The highest BCUT2D eigenvalue weighted by molar-refractivity contribution is 6.30. The minimum absolute atomic E-state index is 0.462. The molecule has 1 fully saturated rings. The molecule has 1 aromatic carbocycles.